The minimum atomic E-state index is -3.59. The third-order valence-electron chi connectivity index (χ3n) is 3.57. The van der Waals surface area contributed by atoms with Gasteiger partial charge in [-0.2, -0.15) is 5.10 Å². The van der Waals surface area contributed by atoms with Gasteiger partial charge in [-0.25, -0.2) is 8.42 Å². The molecule has 7 heteroatoms. The molecule has 6 nitrogen and oxygen atoms in total. The topological polar surface area (TPSA) is 84.2 Å². The molecule has 1 aromatic carbocycles. The molecule has 0 spiro atoms. The summed E-state index contributed by atoms with van der Waals surface area (Å²) in [6.45, 7) is 0.285. The smallest absolute Gasteiger partial charge is 0.258 e. The number of aliphatic hydroxyl groups excluding tert-OH is 1. The predicted octanol–water partition coefficient (Wildman–Crippen LogP) is 1.60. The van der Waals surface area contributed by atoms with E-state index in [1.54, 1.807) is 12.3 Å². The molecule has 0 bridgehead atoms. The van der Waals surface area contributed by atoms with Gasteiger partial charge in [-0.05, 0) is 30.0 Å². The van der Waals surface area contributed by atoms with Crippen molar-refractivity contribution >= 4 is 21.8 Å². The molecule has 2 N–H and O–H groups in total. The lowest BCUT2D eigenvalue weighted by molar-refractivity contribution is 0.269. The molecule has 0 radical (unpaired) electrons. The Morgan fingerprint density at radius 3 is 2.91 bits per heavy atom. The van der Waals surface area contributed by atoms with Gasteiger partial charge in [-0.1, -0.05) is 24.3 Å². The summed E-state index contributed by atoms with van der Waals surface area (Å²) in [6.07, 6.45) is 5.92. The summed E-state index contributed by atoms with van der Waals surface area (Å²) in [5, 5.41) is 12.8. The Bertz CT molecular complexity index is 809. The molecule has 0 amide bonds. The van der Waals surface area contributed by atoms with Gasteiger partial charge in [-0.15, -0.1) is 0 Å². The van der Waals surface area contributed by atoms with Crippen molar-refractivity contribution in [3.8, 4) is 0 Å². The van der Waals surface area contributed by atoms with E-state index in [1.165, 1.54) is 10.9 Å². The van der Waals surface area contributed by atoms with Crippen LogP contribution in [0.4, 0.5) is 5.69 Å². The number of aryl methyl sites for hydroxylation is 1. The minimum Gasteiger partial charge on any atom is -0.394 e. The predicted molar refractivity (Wildman–Crippen MR) is 84.6 cm³/mol. The fourth-order valence-corrected chi connectivity index (χ4v) is 3.68. The SMILES string of the molecule is O=S(=O)(Nc1cnn(CCO)c1)C1=Cc2ccccc2CC1. The summed E-state index contributed by atoms with van der Waals surface area (Å²) >= 11 is 0. The third kappa shape index (κ3) is 3.05. The van der Waals surface area contributed by atoms with E-state index in [2.05, 4.69) is 9.82 Å². The Hall–Kier alpha value is -2.12. The number of allylic oxidation sites excluding steroid dienone is 1. The second-order valence-corrected chi connectivity index (χ2v) is 6.87. The Kier molecular flexibility index (Phi) is 4.00. The molecule has 1 aromatic heterocycles. The fraction of sp³-hybridized carbons (Fsp3) is 0.267. The first-order chi connectivity index (χ1) is 10.6. The molecule has 0 saturated heterocycles. The van der Waals surface area contributed by atoms with Crippen LogP contribution in [0, 0.1) is 0 Å². The maximum absolute atomic E-state index is 12.5. The molecule has 2 aromatic rings. The number of rotatable bonds is 5. The number of nitrogens with zero attached hydrogens (tertiary/aromatic N) is 2. The van der Waals surface area contributed by atoms with Crippen molar-refractivity contribution in [2.24, 2.45) is 0 Å². The molecule has 0 saturated carbocycles. The van der Waals surface area contributed by atoms with Crippen LogP contribution in [0.5, 0.6) is 0 Å². The molecular formula is C15H17N3O3S. The zero-order valence-corrected chi connectivity index (χ0v) is 12.8. The Balaban J connectivity index is 1.83. The van der Waals surface area contributed by atoms with Crippen LogP contribution in [-0.4, -0.2) is 29.9 Å². The van der Waals surface area contributed by atoms with Crippen molar-refractivity contribution in [2.45, 2.75) is 19.4 Å². The first kappa shape index (κ1) is 14.8. The molecule has 1 heterocycles. The number of aliphatic hydroxyl groups is 1. The monoisotopic (exact) mass is 319 g/mol. The number of fused-ring (bicyclic) bond motifs is 1. The summed E-state index contributed by atoms with van der Waals surface area (Å²) < 4.78 is 29.0. The molecular weight excluding hydrogens is 302 g/mol. The van der Waals surface area contributed by atoms with Gasteiger partial charge in [0.1, 0.15) is 0 Å². The number of nitrogens with one attached hydrogen (secondary N) is 1. The highest BCUT2D eigenvalue weighted by Crippen LogP contribution is 2.27. The van der Waals surface area contributed by atoms with E-state index in [0.717, 1.165) is 11.1 Å². The standard InChI is InChI=1S/C15H17N3O3S/c19-8-7-18-11-14(10-16-18)17-22(20,21)15-6-5-12-3-1-2-4-13(12)9-15/h1-4,9-11,17,19H,5-8H2. The molecule has 0 aliphatic heterocycles. The van der Waals surface area contributed by atoms with Crippen LogP contribution in [0.15, 0.2) is 41.6 Å². The van der Waals surface area contributed by atoms with Crippen LogP contribution in [-0.2, 0) is 23.0 Å². The molecule has 1 aliphatic rings. The zero-order valence-electron chi connectivity index (χ0n) is 11.9. The largest absolute Gasteiger partial charge is 0.394 e. The number of hydrogen-bond donors (Lipinski definition) is 2. The van der Waals surface area contributed by atoms with Crippen LogP contribution >= 0.6 is 0 Å². The van der Waals surface area contributed by atoms with Gasteiger partial charge < -0.3 is 5.11 Å². The van der Waals surface area contributed by atoms with Crippen molar-refractivity contribution in [3.05, 3.63) is 52.7 Å². The third-order valence-corrected chi connectivity index (χ3v) is 5.09. The Morgan fingerprint density at radius 2 is 2.09 bits per heavy atom. The van der Waals surface area contributed by atoms with Crippen LogP contribution in [0.1, 0.15) is 17.5 Å². The summed E-state index contributed by atoms with van der Waals surface area (Å²) in [6, 6.07) is 7.79. The lowest BCUT2D eigenvalue weighted by Gasteiger charge is -2.16. The Labute approximate surface area is 129 Å². The van der Waals surface area contributed by atoms with Gasteiger partial charge in [-0.3, -0.25) is 9.40 Å². The first-order valence-corrected chi connectivity index (χ1v) is 8.51. The number of hydrogen-bond acceptors (Lipinski definition) is 4. The molecule has 116 valence electrons. The van der Waals surface area contributed by atoms with E-state index in [-0.39, 0.29) is 6.61 Å². The van der Waals surface area contributed by atoms with Gasteiger partial charge in [0.25, 0.3) is 10.0 Å². The second-order valence-electron chi connectivity index (χ2n) is 5.13. The molecule has 0 atom stereocenters. The number of benzene rings is 1. The number of sulfonamides is 1. The lowest BCUT2D eigenvalue weighted by Crippen LogP contribution is -2.17. The Morgan fingerprint density at radius 1 is 1.27 bits per heavy atom. The normalized spacial score (nSPS) is 14.3. The van der Waals surface area contributed by atoms with Crippen LogP contribution in [0.3, 0.4) is 0 Å². The quantitative estimate of drug-likeness (QED) is 0.877. The molecule has 0 fully saturated rings. The van der Waals surface area contributed by atoms with Crippen LogP contribution in [0.25, 0.3) is 6.08 Å². The van der Waals surface area contributed by atoms with Crippen LogP contribution in [0.2, 0.25) is 0 Å². The first-order valence-electron chi connectivity index (χ1n) is 7.03. The summed E-state index contributed by atoms with van der Waals surface area (Å²) in [5.74, 6) is 0. The lowest BCUT2D eigenvalue weighted by atomic mass is 9.98. The van der Waals surface area contributed by atoms with E-state index < -0.39 is 10.0 Å². The van der Waals surface area contributed by atoms with Crippen molar-refractivity contribution < 1.29 is 13.5 Å². The summed E-state index contributed by atoms with van der Waals surface area (Å²) in [7, 11) is -3.59. The maximum atomic E-state index is 12.5. The van der Waals surface area contributed by atoms with Gasteiger partial charge in [0.05, 0.1) is 29.9 Å². The van der Waals surface area contributed by atoms with Gasteiger partial charge in [0.2, 0.25) is 0 Å². The maximum Gasteiger partial charge on any atom is 0.258 e. The number of aromatic nitrogens is 2. The van der Waals surface area contributed by atoms with E-state index in [9.17, 15) is 8.42 Å². The summed E-state index contributed by atoms with van der Waals surface area (Å²) in [5.41, 5.74) is 2.51. The average molecular weight is 319 g/mol. The van der Waals surface area contributed by atoms with Crippen molar-refractivity contribution in [1.82, 2.24) is 9.78 Å². The number of anilines is 1. The van der Waals surface area contributed by atoms with Crippen molar-refractivity contribution in [1.29, 1.82) is 0 Å². The summed E-state index contributed by atoms with van der Waals surface area (Å²) in [4.78, 5) is 0.376. The van der Waals surface area contributed by atoms with Gasteiger partial charge in [0, 0.05) is 6.20 Å². The minimum absolute atomic E-state index is 0.0458. The van der Waals surface area contributed by atoms with Gasteiger partial charge in [0.15, 0.2) is 0 Å². The van der Waals surface area contributed by atoms with Gasteiger partial charge >= 0.3 is 0 Å². The van der Waals surface area contributed by atoms with E-state index >= 15 is 0 Å². The van der Waals surface area contributed by atoms with Crippen molar-refractivity contribution in [3.63, 3.8) is 0 Å². The average Bonchev–Trinajstić information content (AvgIpc) is 2.93. The highest BCUT2D eigenvalue weighted by atomic mass is 32.2. The highest BCUT2D eigenvalue weighted by Gasteiger charge is 2.22. The van der Waals surface area contributed by atoms with E-state index in [0.29, 0.717) is 30.0 Å². The fourth-order valence-electron chi connectivity index (χ4n) is 2.48. The van der Waals surface area contributed by atoms with Crippen molar-refractivity contribution in [2.75, 3.05) is 11.3 Å². The zero-order chi connectivity index (χ0) is 15.6. The van der Waals surface area contributed by atoms with E-state index in [1.807, 2.05) is 24.3 Å². The van der Waals surface area contributed by atoms with Crippen LogP contribution < -0.4 is 4.72 Å². The molecule has 1 aliphatic carbocycles. The molecule has 22 heavy (non-hydrogen) atoms. The van der Waals surface area contributed by atoms with E-state index in [4.69, 9.17) is 5.11 Å². The molecule has 0 unspecified atom stereocenters. The second kappa shape index (κ2) is 5.94. The highest BCUT2D eigenvalue weighted by molar-refractivity contribution is 7.96. The molecule has 3 rings (SSSR count).